The van der Waals surface area contributed by atoms with Crippen LogP contribution in [0.5, 0.6) is 0 Å². The van der Waals surface area contributed by atoms with Gasteiger partial charge in [0.2, 0.25) is 0 Å². The van der Waals surface area contributed by atoms with Crippen LogP contribution in [-0.4, -0.2) is 28.2 Å². The Morgan fingerprint density at radius 1 is 1.47 bits per heavy atom. The molecule has 1 heterocycles. The van der Waals surface area contributed by atoms with Crippen molar-refractivity contribution >= 4 is 18.0 Å². The zero-order valence-corrected chi connectivity index (χ0v) is 9.73. The number of aliphatic hydroxyl groups excluding tert-OH is 1. The lowest BCUT2D eigenvalue weighted by atomic mass is 10.2. The van der Waals surface area contributed by atoms with Gasteiger partial charge in [0.25, 0.3) is 0 Å². The van der Waals surface area contributed by atoms with E-state index < -0.39 is 0 Å². The number of hydrogen-bond acceptors (Lipinski definition) is 4. The molecular weight excluding hydrogens is 210 g/mol. The smallest absolute Gasteiger partial charge is 0.131 e. The van der Waals surface area contributed by atoms with Gasteiger partial charge in [-0.05, 0) is 26.2 Å². The minimum atomic E-state index is 0.275. The number of hydrogen-bond donors (Lipinski definition) is 3. The maximum atomic E-state index is 8.61. The number of aromatic amines is 1. The summed E-state index contributed by atoms with van der Waals surface area (Å²) in [4.78, 5) is 7.18. The number of aryl methyl sites for hydroxylation is 1. The monoisotopic (exact) mass is 227 g/mol. The second-order valence-corrected chi connectivity index (χ2v) is 3.85. The molecule has 0 aromatic carbocycles. The van der Waals surface area contributed by atoms with Crippen molar-refractivity contribution in [3.63, 3.8) is 0 Å². The van der Waals surface area contributed by atoms with Crippen LogP contribution in [0.1, 0.15) is 25.1 Å². The highest BCUT2D eigenvalue weighted by atomic mass is 32.1. The molecule has 0 bridgehead atoms. The molecular formula is C10H17N3OS. The average Bonchev–Trinajstić information content (AvgIpc) is 2.16. The Bertz CT molecular complexity index is 351. The number of unbranched alkanes of at least 4 members (excludes halogenated alkanes) is 2. The van der Waals surface area contributed by atoms with E-state index >= 15 is 0 Å². The highest BCUT2D eigenvalue weighted by Gasteiger charge is 1.94. The van der Waals surface area contributed by atoms with Gasteiger partial charge >= 0.3 is 0 Å². The van der Waals surface area contributed by atoms with Crippen molar-refractivity contribution < 1.29 is 5.11 Å². The highest BCUT2D eigenvalue weighted by Crippen LogP contribution is 2.04. The molecule has 0 saturated heterocycles. The van der Waals surface area contributed by atoms with Crippen molar-refractivity contribution in [1.82, 2.24) is 9.97 Å². The fourth-order valence-electron chi connectivity index (χ4n) is 1.31. The molecule has 3 N–H and O–H groups in total. The van der Waals surface area contributed by atoms with Crippen LogP contribution in [0.2, 0.25) is 0 Å². The minimum absolute atomic E-state index is 0.275. The predicted octanol–water partition coefficient (Wildman–Crippen LogP) is 2.02. The van der Waals surface area contributed by atoms with Crippen LogP contribution in [0.15, 0.2) is 6.07 Å². The van der Waals surface area contributed by atoms with Crippen LogP contribution >= 0.6 is 12.2 Å². The number of nitrogens with one attached hydrogen (secondary N) is 2. The first-order chi connectivity index (χ1) is 7.22. The fraction of sp³-hybridized carbons (Fsp3) is 0.600. The van der Waals surface area contributed by atoms with Crippen molar-refractivity contribution in [2.24, 2.45) is 0 Å². The minimum Gasteiger partial charge on any atom is -0.396 e. The third-order valence-electron chi connectivity index (χ3n) is 2.01. The van der Waals surface area contributed by atoms with Gasteiger partial charge in [-0.1, -0.05) is 12.2 Å². The number of aliphatic hydroxyl groups is 1. The van der Waals surface area contributed by atoms with E-state index in [0.29, 0.717) is 4.64 Å². The Kier molecular flexibility index (Phi) is 5.28. The molecule has 0 radical (unpaired) electrons. The molecule has 0 aliphatic heterocycles. The molecule has 5 heteroatoms. The summed E-state index contributed by atoms with van der Waals surface area (Å²) in [6, 6.07) is 1.81. The number of H-pyrrole nitrogens is 1. The maximum absolute atomic E-state index is 8.61. The summed E-state index contributed by atoms with van der Waals surface area (Å²) in [7, 11) is 0. The molecule has 4 nitrogen and oxygen atoms in total. The standard InChI is InChI=1S/C10H17N3OS/c1-8-12-9(7-10(15)13-8)11-5-3-2-4-6-14/h7,14H,2-6H2,1H3,(H2,11,12,13,15). The second kappa shape index (κ2) is 6.53. The largest absolute Gasteiger partial charge is 0.396 e. The zero-order chi connectivity index (χ0) is 11.1. The van der Waals surface area contributed by atoms with Crippen LogP contribution in [0, 0.1) is 11.6 Å². The Morgan fingerprint density at radius 2 is 2.27 bits per heavy atom. The van der Waals surface area contributed by atoms with Crippen molar-refractivity contribution in [2.75, 3.05) is 18.5 Å². The number of nitrogens with zero attached hydrogens (tertiary/aromatic N) is 1. The molecule has 0 atom stereocenters. The van der Waals surface area contributed by atoms with Crippen LogP contribution in [0.4, 0.5) is 5.82 Å². The molecule has 1 rings (SSSR count). The van der Waals surface area contributed by atoms with Crippen molar-refractivity contribution in [3.8, 4) is 0 Å². The molecule has 1 aromatic heterocycles. The Labute approximate surface area is 94.8 Å². The summed E-state index contributed by atoms with van der Waals surface area (Å²) in [5.41, 5.74) is 0. The first kappa shape index (κ1) is 12.1. The van der Waals surface area contributed by atoms with E-state index in [0.717, 1.165) is 37.4 Å². The van der Waals surface area contributed by atoms with Gasteiger partial charge in [0.15, 0.2) is 0 Å². The van der Waals surface area contributed by atoms with E-state index in [2.05, 4.69) is 15.3 Å². The number of anilines is 1. The maximum Gasteiger partial charge on any atom is 0.131 e. The Hall–Kier alpha value is -0.940. The molecule has 0 aliphatic rings. The van der Waals surface area contributed by atoms with E-state index in [4.69, 9.17) is 17.3 Å². The summed E-state index contributed by atoms with van der Waals surface area (Å²) in [6.07, 6.45) is 2.95. The van der Waals surface area contributed by atoms with E-state index in [9.17, 15) is 0 Å². The summed E-state index contributed by atoms with van der Waals surface area (Å²) in [5, 5.41) is 11.8. The van der Waals surface area contributed by atoms with Crippen LogP contribution in [-0.2, 0) is 0 Å². The topological polar surface area (TPSA) is 60.9 Å². The van der Waals surface area contributed by atoms with E-state index in [1.807, 2.05) is 13.0 Å². The first-order valence-corrected chi connectivity index (χ1v) is 5.56. The molecule has 0 unspecified atom stereocenters. The van der Waals surface area contributed by atoms with Gasteiger partial charge in [-0.2, -0.15) is 0 Å². The van der Waals surface area contributed by atoms with Crippen molar-refractivity contribution in [1.29, 1.82) is 0 Å². The van der Waals surface area contributed by atoms with E-state index in [1.165, 1.54) is 0 Å². The summed E-state index contributed by atoms with van der Waals surface area (Å²) >= 11 is 5.00. The van der Waals surface area contributed by atoms with E-state index in [-0.39, 0.29) is 6.61 Å². The average molecular weight is 227 g/mol. The van der Waals surface area contributed by atoms with Crippen molar-refractivity contribution in [2.45, 2.75) is 26.2 Å². The van der Waals surface area contributed by atoms with Gasteiger partial charge in [0.05, 0.1) is 0 Å². The number of rotatable bonds is 6. The first-order valence-electron chi connectivity index (χ1n) is 5.15. The Balaban J connectivity index is 2.34. The zero-order valence-electron chi connectivity index (χ0n) is 8.92. The molecule has 0 amide bonds. The quantitative estimate of drug-likeness (QED) is 0.514. The molecule has 0 spiro atoms. The summed E-state index contributed by atoms with van der Waals surface area (Å²) in [6.45, 7) is 3.04. The number of aromatic nitrogens is 2. The summed E-state index contributed by atoms with van der Waals surface area (Å²) in [5.74, 6) is 1.73. The van der Waals surface area contributed by atoms with Crippen molar-refractivity contribution in [3.05, 3.63) is 16.5 Å². The molecule has 0 aliphatic carbocycles. The van der Waals surface area contributed by atoms with Crippen LogP contribution in [0.25, 0.3) is 0 Å². The van der Waals surface area contributed by atoms with Crippen LogP contribution in [0.3, 0.4) is 0 Å². The molecule has 0 saturated carbocycles. The lowest BCUT2D eigenvalue weighted by Gasteiger charge is -2.06. The Morgan fingerprint density at radius 3 is 2.93 bits per heavy atom. The van der Waals surface area contributed by atoms with E-state index in [1.54, 1.807) is 0 Å². The van der Waals surface area contributed by atoms with Gasteiger partial charge in [-0.15, -0.1) is 0 Å². The predicted molar refractivity (Wildman–Crippen MR) is 63.6 cm³/mol. The third-order valence-corrected chi connectivity index (χ3v) is 2.22. The SMILES string of the molecule is Cc1nc(=S)cc(NCCCCCO)[nH]1. The van der Waals surface area contributed by atoms with Crippen LogP contribution < -0.4 is 5.32 Å². The lowest BCUT2D eigenvalue weighted by Crippen LogP contribution is -2.05. The summed E-state index contributed by atoms with van der Waals surface area (Å²) < 4.78 is 0.601. The normalized spacial score (nSPS) is 10.3. The van der Waals surface area contributed by atoms with Gasteiger partial charge in [-0.3, -0.25) is 0 Å². The van der Waals surface area contributed by atoms with Gasteiger partial charge in [-0.25, -0.2) is 4.98 Å². The fourth-order valence-corrected chi connectivity index (χ4v) is 1.57. The molecule has 15 heavy (non-hydrogen) atoms. The highest BCUT2D eigenvalue weighted by molar-refractivity contribution is 7.71. The molecule has 84 valence electrons. The molecule has 1 aromatic rings. The van der Waals surface area contributed by atoms with Gasteiger partial charge < -0.3 is 15.4 Å². The third kappa shape index (κ3) is 4.90. The second-order valence-electron chi connectivity index (χ2n) is 3.43. The molecule has 0 fully saturated rings. The van der Waals surface area contributed by atoms with Gasteiger partial charge in [0.1, 0.15) is 16.3 Å². The lowest BCUT2D eigenvalue weighted by molar-refractivity contribution is 0.283. The van der Waals surface area contributed by atoms with Gasteiger partial charge in [0, 0.05) is 19.2 Å².